The van der Waals surface area contributed by atoms with Crippen LogP contribution in [0, 0.1) is 0 Å². The molecule has 0 bridgehead atoms. The second-order valence-electron chi connectivity index (χ2n) is 3.18. The molecule has 3 nitrogen and oxygen atoms in total. The topological polar surface area (TPSA) is 48.0 Å². The molecule has 1 unspecified atom stereocenters. The molecule has 0 amide bonds. The van der Waals surface area contributed by atoms with E-state index in [0.717, 1.165) is 25.0 Å². The van der Waals surface area contributed by atoms with Gasteiger partial charge < -0.3 is 5.73 Å². The van der Waals surface area contributed by atoms with Gasteiger partial charge in [-0.25, -0.2) is 0 Å². The average Bonchev–Trinajstić information content (AvgIpc) is 2.04. The Morgan fingerprint density at radius 2 is 2.33 bits per heavy atom. The van der Waals surface area contributed by atoms with E-state index < -0.39 is 0 Å². The molecule has 0 saturated heterocycles. The van der Waals surface area contributed by atoms with Crippen molar-refractivity contribution in [1.82, 2.24) is 4.57 Å². The largest absolute Gasteiger partial charge is 0.311 e. The van der Waals surface area contributed by atoms with Gasteiger partial charge in [0.05, 0.1) is 6.17 Å². The van der Waals surface area contributed by atoms with E-state index in [-0.39, 0.29) is 11.7 Å². The van der Waals surface area contributed by atoms with Gasteiger partial charge in [0, 0.05) is 11.8 Å². The maximum Gasteiger partial charge on any atom is 0.252 e. The van der Waals surface area contributed by atoms with Crippen LogP contribution in [-0.2, 0) is 6.42 Å². The molecular formula is C9H12N2O. The highest BCUT2D eigenvalue weighted by Gasteiger charge is 2.15. The predicted molar refractivity (Wildman–Crippen MR) is 46.9 cm³/mol. The summed E-state index contributed by atoms with van der Waals surface area (Å²) >= 11 is 0. The summed E-state index contributed by atoms with van der Waals surface area (Å²) in [6.07, 6.45) is 2.87. The van der Waals surface area contributed by atoms with Crippen molar-refractivity contribution in [3.63, 3.8) is 0 Å². The third kappa shape index (κ3) is 1.06. The number of rotatable bonds is 0. The van der Waals surface area contributed by atoms with Crippen molar-refractivity contribution in [2.24, 2.45) is 5.73 Å². The molecule has 2 rings (SSSR count). The van der Waals surface area contributed by atoms with Crippen molar-refractivity contribution in [2.45, 2.75) is 25.4 Å². The number of pyridine rings is 1. The molecular weight excluding hydrogens is 152 g/mol. The minimum atomic E-state index is -0.109. The van der Waals surface area contributed by atoms with E-state index in [2.05, 4.69) is 0 Å². The van der Waals surface area contributed by atoms with Gasteiger partial charge in [0.15, 0.2) is 0 Å². The Labute approximate surface area is 70.8 Å². The van der Waals surface area contributed by atoms with E-state index >= 15 is 0 Å². The number of fused-ring (bicyclic) bond motifs is 1. The monoisotopic (exact) mass is 164 g/mol. The van der Waals surface area contributed by atoms with Crippen LogP contribution in [0.25, 0.3) is 0 Å². The molecule has 1 aromatic rings. The van der Waals surface area contributed by atoms with E-state index in [1.54, 1.807) is 16.7 Å². The van der Waals surface area contributed by atoms with Gasteiger partial charge >= 0.3 is 0 Å². The van der Waals surface area contributed by atoms with Crippen LogP contribution >= 0.6 is 0 Å². The number of hydrogen-bond acceptors (Lipinski definition) is 2. The third-order valence-corrected chi connectivity index (χ3v) is 2.34. The molecule has 12 heavy (non-hydrogen) atoms. The summed E-state index contributed by atoms with van der Waals surface area (Å²) in [5.74, 6) is 0. The lowest BCUT2D eigenvalue weighted by molar-refractivity contribution is 0.400. The molecule has 1 aromatic heterocycles. The minimum Gasteiger partial charge on any atom is -0.311 e. The van der Waals surface area contributed by atoms with Gasteiger partial charge in [-0.15, -0.1) is 0 Å². The lowest BCUT2D eigenvalue weighted by Gasteiger charge is -2.23. The number of hydrogen-bond donors (Lipinski definition) is 1. The van der Waals surface area contributed by atoms with Crippen molar-refractivity contribution in [3.05, 3.63) is 34.2 Å². The van der Waals surface area contributed by atoms with Gasteiger partial charge in [-0.05, 0) is 25.3 Å². The standard InChI is InChI=1S/C9H12N2O/c10-8-5-1-3-7-4-2-6-9(12)11(7)8/h2,4,6,8H,1,3,5,10H2. The molecule has 2 heterocycles. The first-order chi connectivity index (χ1) is 5.79. The Morgan fingerprint density at radius 3 is 3.08 bits per heavy atom. The fourth-order valence-corrected chi connectivity index (χ4v) is 1.75. The molecule has 1 aliphatic rings. The van der Waals surface area contributed by atoms with Crippen LogP contribution in [0.3, 0.4) is 0 Å². The van der Waals surface area contributed by atoms with Crippen molar-refractivity contribution < 1.29 is 0 Å². The zero-order chi connectivity index (χ0) is 8.55. The van der Waals surface area contributed by atoms with Crippen molar-refractivity contribution in [2.75, 3.05) is 0 Å². The van der Waals surface area contributed by atoms with Gasteiger partial charge in [0.25, 0.3) is 5.56 Å². The van der Waals surface area contributed by atoms with Gasteiger partial charge in [-0.3, -0.25) is 9.36 Å². The molecule has 3 heteroatoms. The van der Waals surface area contributed by atoms with Crippen LogP contribution in [0.2, 0.25) is 0 Å². The molecule has 0 fully saturated rings. The zero-order valence-corrected chi connectivity index (χ0v) is 6.86. The van der Waals surface area contributed by atoms with Crippen molar-refractivity contribution in [1.29, 1.82) is 0 Å². The maximum atomic E-state index is 11.4. The fourth-order valence-electron chi connectivity index (χ4n) is 1.75. The lowest BCUT2D eigenvalue weighted by atomic mass is 10.1. The van der Waals surface area contributed by atoms with Gasteiger partial charge in [0.1, 0.15) is 0 Å². The van der Waals surface area contributed by atoms with Gasteiger partial charge in [0.2, 0.25) is 0 Å². The second-order valence-corrected chi connectivity index (χ2v) is 3.18. The number of aryl methyl sites for hydroxylation is 1. The molecule has 64 valence electrons. The number of aromatic nitrogens is 1. The molecule has 0 spiro atoms. The summed E-state index contributed by atoms with van der Waals surface area (Å²) in [6.45, 7) is 0. The highest BCUT2D eigenvalue weighted by atomic mass is 16.1. The summed E-state index contributed by atoms with van der Waals surface area (Å²) in [6, 6.07) is 5.33. The Kier molecular flexibility index (Phi) is 1.73. The van der Waals surface area contributed by atoms with Gasteiger partial charge in [-0.1, -0.05) is 6.07 Å². The van der Waals surface area contributed by atoms with Crippen LogP contribution < -0.4 is 11.3 Å². The van der Waals surface area contributed by atoms with E-state index in [1.807, 2.05) is 6.07 Å². The zero-order valence-electron chi connectivity index (χ0n) is 6.86. The Morgan fingerprint density at radius 1 is 1.50 bits per heavy atom. The van der Waals surface area contributed by atoms with E-state index in [0.29, 0.717) is 0 Å². The molecule has 0 aromatic carbocycles. The third-order valence-electron chi connectivity index (χ3n) is 2.34. The SMILES string of the molecule is NC1CCCc2cccc(=O)n21. The first-order valence-electron chi connectivity index (χ1n) is 4.25. The summed E-state index contributed by atoms with van der Waals surface area (Å²) in [4.78, 5) is 11.4. The second kappa shape index (κ2) is 2.75. The number of nitrogens with zero attached hydrogens (tertiary/aromatic N) is 1. The molecule has 0 saturated carbocycles. The van der Waals surface area contributed by atoms with Gasteiger partial charge in [-0.2, -0.15) is 0 Å². The minimum absolute atomic E-state index is 0.0275. The fraction of sp³-hybridized carbons (Fsp3) is 0.444. The summed E-state index contributed by atoms with van der Waals surface area (Å²) in [5, 5.41) is 0. The first kappa shape index (κ1) is 7.55. The summed E-state index contributed by atoms with van der Waals surface area (Å²) < 4.78 is 1.70. The van der Waals surface area contributed by atoms with E-state index in [9.17, 15) is 4.79 Å². The summed E-state index contributed by atoms with van der Waals surface area (Å²) in [7, 11) is 0. The normalized spacial score (nSPS) is 21.9. The molecule has 1 aliphatic heterocycles. The maximum absolute atomic E-state index is 11.4. The van der Waals surface area contributed by atoms with Crippen LogP contribution in [0.1, 0.15) is 24.7 Å². The summed E-state index contributed by atoms with van der Waals surface area (Å²) in [5.41, 5.74) is 6.91. The Balaban J connectivity index is 2.61. The van der Waals surface area contributed by atoms with Crippen molar-refractivity contribution >= 4 is 0 Å². The highest BCUT2D eigenvalue weighted by molar-refractivity contribution is 5.09. The molecule has 1 atom stereocenters. The van der Waals surface area contributed by atoms with Crippen LogP contribution in [0.15, 0.2) is 23.0 Å². The molecule has 0 radical (unpaired) electrons. The molecule has 0 aliphatic carbocycles. The van der Waals surface area contributed by atoms with Crippen LogP contribution in [0.5, 0.6) is 0 Å². The van der Waals surface area contributed by atoms with Crippen LogP contribution in [-0.4, -0.2) is 4.57 Å². The Bertz CT molecular complexity index is 343. The smallest absolute Gasteiger partial charge is 0.252 e. The van der Waals surface area contributed by atoms with E-state index in [4.69, 9.17) is 5.73 Å². The van der Waals surface area contributed by atoms with Crippen LogP contribution in [0.4, 0.5) is 0 Å². The number of nitrogens with two attached hydrogens (primary N) is 1. The van der Waals surface area contributed by atoms with E-state index in [1.165, 1.54) is 0 Å². The van der Waals surface area contributed by atoms with Crippen molar-refractivity contribution in [3.8, 4) is 0 Å². The predicted octanol–water partition coefficient (Wildman–Crippen LogP) is 0.642. The lowest BCUT2D eigenvalue weighted by Crippen LogP contribution is -2.34. The molecule has 2 N–H and O–H groups in total. The Hall–Kier alpha value is -1.09. The first-order valence-corrected chi connectivity index (χ1v) is 4.25. The average molecular weight is 164 g/mol. The quantitative estimate of drug-likeness (QED) is 0.611. The highest BCUT2D eigenvalue weighted by Crippen LogP contribution is 2.17.